The summed E-state index contributed by atoms with van der Waals surface area (Å²) in [7, 11) is 1.59. The highest BCUT2D eigenvalue weighted by Crippen LogP contribution is 2.29. The second kappa shape index (κ2) is 12.3. The molecule has 0 aliphatic heterocycles. The number of aromatic nitrogens is 1. The molecular formula is C25H28N2O5. The average molecular weight is 437 g/mol. The molecular weight excluding hydrogens is 408 g/mol. The standard InChI is InChI=1S/C25H28N2O5/c1-3-30-14-15-31-22-7-5-4-6-21(22)25(28)27-17-20-8-9-23(24(16-20)29-2)32-18-19-10-12-26-13-11-19/h4-13,16H,3,14-15,17-18H2,1-2H3,(H,27,28). The van der Waals surface area contributed by atoms with Gasteiger partial charge in [-0.25, -0.2) is 0 Å². The minimum Gasteiger partial charge on any atom is -0.493 e. The number of nitrogens with one attached hydrogen (secondary N) is 1. The molecule has 0 radical (unpaired) electrons. The van der Waals surface area contributed by atoms with Crippen molar-refractivity contribution in [1.29, 1.82) is 0 Å². The van der Waals surface area contributed by atoms with E-state index in [1.165, 1.54) is 0 Å². The average Bonchev–Trinajstić information content (AvgIpc) is 2.85. The SMILES string of the molecule is CCOCCOc1ccccc1C(=O)NCc1ccc(OCc2ccncc2)c(OC)c1. The van der Waals surface area contributed by atoms with Crippen LogP contribution in [0.15, 0.2) is 67.0 Å². The van der Waals surface area contributed by atoms with E-state index in [0.29, 0.717) is 55.8 Å². The molecule has 1 amide bonds. The van der Waals surface area contributed by atoms with Crippen LogP contribution in [0.2, 0.25) is 0 Å². The van der Waals surface area contributed by atoms with Gasteiger partial charge in [-0.1, -0.05) is 18.2 Å². The van der Waals surface area contributed by atoms with Crippen LogP contribution >= 0.6 is 0 Å². The highest BCUT2D eigenvalue weighted by molar-refractivity contribution is 5.96. The van der Waals surface area contributed by atoms with Crippen LogP contribution in [0.5, 0.6) is 17.2 Å². The zero-order valence-corrected chi connectivity index (χ0v) is 18.4. The number of hydrogen-bond acceptors (Lipinski definition) is 6. The van der Waals surface area contributed by atoms with Gasteiger partial charge in [0.1, 0.15) is 19.0 Å². The number of ether oxygens (including phenoxy) is 4. The first-order valence-corrected chi connectivity index (χ1v) is 10.5. The van der Waals surface area contributed by atoms with Crippen LogP contribution in [-0.2, 0) is 17.9 Å². The Bertz CT molecular complexity index is 995. The summed E-state index contributed by atoms with van der Waals surface area (Å²) in [5.41, 5.74) is 2.38. The summed E-state index contributed by atoms with van der Waals surface area (Å²) >= 11 is 0. The lowest BCUT2D eigenvalue weighted by atomic mass is 10.1. The van der Waals surface area contributed by atoms with Gasteiger partial charge in [-0.15, -0.1) is 0 Å². The van der Waals surface area contributed by atoms with Crippen molar-refractivity contribution in [3.05, 3.63) is 83.7 Å². The topological polar surface area (TPSA) is 78.9 Å². The van der Waals surface area contributed by atoms with Crippen LogP contribution in [0.3, 0.4) is 0 Å². The third-order valence-corrected chi connectivity index (χ3v) is 4.65. The largest absolute Gasteiger partial charge is 0.493 e. The van der Waals surface area contributed by atoms with Gasteiger partial charge in [-0.2, -0.15) is 0 Å². The van der Waals surface area contributed by atoms with Gasteiger partial charge in [-0.05, 0) is 54.4 Å². The molecule has 7 nitrogen and oxygen atoms in total. The fourth-order valence-corrected chi connectivity index (χ4v) is 2.99. The molecule has 2 aromatic carbocycles. The fraction of sp³-hybridized carbons (Fsp3) is 0.280. The van der Waals surface area contributed by atoms with Crippen molar-refractivity contribution in [1.82, 2.24) is 10.3 Å². The van der Waals surface area contributed by atoms with E-state index < -0.39 is 0 Å². The number of nitrogens with zero attached hydrogens (tertiary/aromatic N) is 1. The Morgan fingerprint density at radius 3 is 2.50 bits per heavy atom. The summed E-state index contributed by atoms with van der Waals surface area (Å²) in [6.45, 7) is 4.17. The van der Waals surface area contributed by atoms with Crippen LogP contribution in [0.4, 0.5) is 0 Å². The Morgan fingerprint density at radius 1 is 0.906 bits per heavy atom. The van der Waals surface area contributed by atoms with E-state index >= 15 is 0 Å². The maximum absolute atomic E-state index is 12.7. The third-order valence-electron chi connectivity index (χ3n) is 4.65. The molecule has 0 unspecified atom stereocenters. The molecule has 168 valence electrons. The number of carbonyl (C=O) groups is 1. The molecule has 0 aliphatic rings. The molecule has 0 saturated carbocycles. The van der Waals surface area contributed by atoms with Crippen LogP contribution < -0.4 is 19.5 Å². The maximum Gasteiger partial charge on any atom is 0.255 e. The van der Waals surface area contributed by atoms with Gasteiger partial charge in [0, 0.05) is 25.5 Å². The van der Waals surface area contributed by atoms with Crippen molar-refractivity contribution in [2.24, 2.45) is 0 Å². The molecule has 3 aromatic rings. The van der Waals surface area contributed by atoms with E-state index in [9.17, 15) is 4.79 Å². The summed E-state index contributed by atoms with van der Waals surface area (Å²) in [5.74, 6) is 1.55. The summed E-state index contributed by atoms with van der Waals surface area (Å²) in [6, 6.07) is 16.5. The number of pyridine rings is 1. The van der Waals surface area contributed by atoms with Crippen LogP contribution in [0, 0.1) is 0 Å². The number of rotatable bonds is 12. The Kier molecular flexibility index (Phi) is 8.89. The summed E-state index contributed by atoms with van der Waals surface area (Å²) in [6.07, 6.45) is 3.45. The molecule has 0 aliphatic carbocycles. The lowest BCUT2D eigenvalue weighted by molar-refractivity contribution is 0.0934. The predicted molar refractivity (Wildman–Crippen MR) is 121 cm³/mol. The second-order valence-corrected chi connectivity index (χ2v) is 6.85. The zero-order chi connectivity index (χ0) is 22.6. The first kappa shape index (κ1) is 23.1. The first-order chi connectivity index (χ1) is 15.7. The van der Waals surface area contributed by atoms with Crippen molar-refractivity contribution in [3.8, 4) is 17.2 Å². The van der Waals surface area contributed by atoms with Gasteiger partial charge in [0.15, 0.2) is 11.5 Å². The van der Waals surface area contributed by atoms with Crippen LogP contribution in [0.1, 0.15) is 28.4 Å². The highest BCUT2D eigenvalue weighted by Gasteiger charge is 2.13. The fourth-order valence-electron chi connectivity index (χ4n) is 2.99. The molecule has 0 saturated heterocycles. The Morgan fingerprint density at radius 2 is 1.72 bits per heavy atom. The van der Waals surface area contributed by atoms with Crippen molar-refractivity contribution in [2.45, 2.75) is 20.1 Å². The molecule has 0 spiro atoms. The van der Waals surface area contributed by atoms with E-state index in [0.717, 1.165) is 11.1 Å². The van der Waals surface area contributed by atoms with Crippen LogP contribution in [-0.4, -0.2) is 37.8 Å². The lowest BCUT2D eigenvalue weighted by Crippen LogP contribution is -2.23. The lowest BCUT2D eigenvalue weighted by Gasteiger charge is -2.14. The van der Waals surface area contributed by atoms with Gasteiger partial charge in [0.2, 0.25) is 0 Å². The minimum absolute atomic E-state index is 0.214. The van der Waals surface area contributed by atoms with E-state index in [1.54, 1.807) is 31.6 Å². The van der Waals surface area contributed by atoms with Gasteiger partial charge >= 0.3 is 0 Å². The number of methoxy groups -OCH3 is 1. The quantitative estimate of drug-likeness (QED) is 0.432. The van der Waals surface area contributed by atoms with Gasteiger partial charge in [-0.3, -0.25) is 9.78 Å². The minimum atomic E-state index is -0.214. The zero-order valence-electron chi connectivity index (χ0n) is 18.4. The monoisotopic (exact) mass is 436 g/mol. The molecule has 7 heteroatoms. The number of hydrogen-bond donors (Lipinski definition) is 1. The molecule has 1 heterocycles. The molecule has 1 aromatic heterocycles. The van der Waals surface area contributed by atoms with E-state index in [-0.39, 0.29) is 5.91 Å². The third kappa shape index (κ3) is 6.72. The molecule has 32 heavy (non-hydrogen) atoms. The van der Waals surface area contributed by atoms with Gasteiger partial charge in [0.05, 0.1) is 19.3 Å². The Hall–Kier alpha value is -3.58. The van der Waals surface area contributed by atoms with Crippen molar-refractivity contribution in [3.63, 3.8) is 0 Å². The van der Waals surface area contributed by atoms with Gasteiger partial charge < -0.3 is 24.3 Å². The van der Waals surface area contributed by atoms with Crippen LogP contribution in [0.25, 0.3) is 0 Å². The number of amides is 1. The van der Waals surface area contributed by atoms with E-state index in [4.69, 9.17) is 18.9 Å². The number of carbonyl (C=O) groups excluding carboxylic acids is 1. The van der Waals surface area contributed by atoms with Crippen molar-refractivity contribution in [2.75, 3.05) is 26.9 Å². The first-order valence-electron chi connectivity index (χ1n) is 10.5. The van der Waals surface area contributed by atoms with E-state index in [1.807, 2.05) is 49.4 Å². The van der Waals surface area contributed by atoms with Crippen molar-refractivity contribution < 1.29 is 23.7 Å². The van der Waals surface area contributed by atoms with Crippen molar-refractivity contribution >= 4 is 5.91 Å². The summed E-state index contributed by atoms with van der Waals surface area (Å²) < 4.78 is 22.3. The smallest absolute Gasteiger partial charge is 0.255 e. The van der Waals surface area contributed by atoms with E-state index in [2.05, 4.69) is 10.3 Å². The second-order valence-electron chi connectivity index (χ2n) is 6.85. The molecule has 0 atom stereocenters. The molecule has 1 N–H and O–H groups in total. The molecule has 3 rings (SSSR count). The number of para-hydroxylation sites is 1. The Balaban J connectivity index is 1.59. The summed E-state index contributed by atoms with van der Waals surface area (Å²) in [5, 5.41) is 2.93. The normalized spacial score (nSPS) is 10.4. The maximum atomic E-state index is 12.7. The predicted octanol–water partition coefficient (Wildman–Crippen LogP) is 4.01. The Labute approximate surface area is 188 Å². The van der Waals surface area contributed by atoms with Gasteiger partial charge in [0.25, 0.3) is 5.91 Å². The number of benzene rings is 2. The molecule has 0 bridgehead atoms. The molecule has 0 fully saturated rings. The highest BCUT2D eigenvalue weighted by atomic mass is 16.5. The summed E-state index contributed by atoms with van der Waals surface area (Å²) in [4.78, 5) is 16.7.